The minimum absolute atomic E-state index is 0.00668. The fraction of sp³-hybridized carbons (Fsp3) is 0.444. The molecular weight excluding hydrogens is 244 g/mol. The van der Waals surface area contributed by atoms with E-state index in [-0.39, 0.29) is 9.52 Å². The summed E-state index contributed by atoms with van der Waals surface area (Å²) in [6, 6.07) is 9.30. The second-order valence-corrected chi connectivity index (χ2v) is 7.22. The zero-order chi connectivity index (χ0) is 13.8. The third-order valence-electron chi connectivity index (χ3n) is 4.48. The summed E-state index contributed by atoms with van der Waals surface area (Å²) in [4.78, 5) is 0. The van der Waals surface area contributed by atoms with Gasteiger partial charge in [-0.05, 0) is 55.4 Å². The highest BCUT2D eigenvalue weighted by Gasteiger charge is 2.18. The third kappa shape index (κ3) is 3.09. The van der Waals surface area contributed by atoms with Crippen LogP contribution in [0.1, 0.15) is 51.2 Å². The van der Waals surface area contributed by atoms with Gasteiger partial charge < -0.3 is 0 Å². The molecule has 1 aliphatic carbocycles. The van der Waals surface area contributed by atoms with E-state index in [1.165, 1.54) is 42.4 Å². The highest BCUT2D eigenvalue weighted by atomic mass is 28.2. The minimum Gasteiger partial charge on any atom is -0.0807 e. The molecule has 0 unspecified atom stereocenters. The lowest BCUT2D eigenvalue weighted by molar-refractivity contribution is 0.795. The molecule has 0 nitrogen and oxygen atoms in total. The van der Waals surface area contributed by atoms with Crippen LogP contribution in [-0.2, 0) is 6.42 Å². The highest BCUT2D eigenvalue weighted by Crippen LogP contribution is 2.37. The Balaban J connectivity index is 2.16. The van der Waals surface area contributed by atoms with Gasteiger partial charge in [0.1, 0.15) is 0 Å². The van der Waals surface area contributed by atoms with Crippen LogP contribution in [0.2, 0.25) is 6.55 Å². The van der Waals surface area contributed by atoms with E-state index < -0.39 is 0 Å². The first kappa shape index (κ1) is 14.3. The van der Waals surface area contributed by atoms with Gasteiger partial charge in [0.25, 0.3) is 0 Å². The highest BCUT2D eigenvalue weighted by molar-refractivity contribution is 6.44. The molecule has 0 N–H and O–H groups in total. The Labute approximate surface area is 120 Å². The van der Waals surface area contributed by atoms with Crippen LogP contribution in [0.5, 0.6) is 0 Å². The number of unbranched alkanes of at least 4 members (excludes halogenated alkanes) is 1. The normalized spacial score (nSPS) is 16.2. The van der Waals surface area contributed by atoms with Crippen molar-refractivity contribution in [3.8, 4) is 0 Å². The van der Waals surface area contributed by atoms with Crippen molar-refractivity contribution in [3.05, 3.63) is 51.7 Å². The van der Waals surface area contributed by atoms with Gasteiger partial charge in [0.15, 0.2) is 0 Å². The fourth-order valence-corrected chi connectivity index (χ4v) is 4.23. The van der Waals surface area contributed by atoms with E-state index in [9.17, 15) is 0 Å². The van der Waals surface area contributed by atoms with Crippen molar-refractivity contribution in [2.75, 3.05) is 0 Å². The smallest absolute Gasteiger partial charge is 0.0473 e. The van der Waals surface area contributed by atoms with Crippen molar-refractivity contribution in [1.82, 2.24) is 0 Å². The van der Waals surface area contributed by atoms with E-state index in [4.69, 9.17) is 0 Å². The van der Waals surface area contributed by atoms with Crippen LogP contribution >= 0.6 is 0 Å². The quantitative estimate of drug-likeness (QED) is 0.681. The molecule has 0 bridgehead atoms. The van der Waals surface area contributed by atoms with Crippen molar-refractivity contribution < 1.29 is 0 Å². The molecule has 1 aliphatic rings. The molecule has 1 aromatic carbocycles. The summed E-state index contributed by atoms with van der Waals surface area (Å²) >= 11 is 0. The maximum absolute atomic E-state index is 2.41. The largest absolute Gasteiger partial charge is 0.0807 e. The van der Waals surface area contributed by atoms with Crippen LogP contribution < -0.4 is 0 Å². The topological polar surface area (TPSA) is 0 Å². The first-order valence-electron chi connectivity index (χ1n) is 7.65. The van der Waals surface area contributed by atoms with Crippen LogP contribution in [0.15, 0.2) is 40.6 Å². The lowest BCUT2D eigenvalue weighted by Gasteiger charge is -2.07. The van der Waals surface area contributed by atoms with Gasteiger partial charge in [0.2, 0.25) is 0 Å². The SMILES string of the molecule is CCCCc1ccc(C2=C(C)C(C)=C([SiH2]C)C2)cc1. The molecule has 1 aromatic rings. The molecule has 0 atom stereocenters. The van der Waals surface area contributed by atoms with Gasteiger partial charge in [0.05, 0.1) is 0 Å². The van der Waals surface area contributed by atoms with E-state index >= 15 is 0 Å². The summed E-state index contributed by atoms with van der Waals surface area (Å²) in [7, 11) is -0.00668. The Morgan fingerprint density at radius 1 is 1.05 bits per heavy atom. The standard InChI is InChI=1S/C18H26Si/c1-5-6-7-15-8-10-16(11-9-15)17-12-18(19-4)14(3)13(17)2/h8-11H,5-7,12,19H2,1-4H3. The molecule has 0 aromatic heterocycles. The zero-order valence-electron chi connectivity index (χ0n) is 12.8. The molecule has 0 spiro atoms. The van der Waals surface area contributed by atoms with Crippen molar-refractivity contribution in [1.29, 1.82) is 0 Å². The van der Waals surface area contributed by atoms with Gasteiger partial charge >= 0.3 is 0 Å². The predicted octanol–water partition coefficient (Wildman–Crippen LogP) is 4.70. The molecule has 102 valence electrons. The summed E-state index contributed by atoms with van der Waals surface area (Å²) in [5, 5.41) is 1.75. The molecular formula is C18H26Si. The predicted molar refractivity (Wildman–Crippen MR) is 89.4 cm³/mol. The van der Waals surface area contributed by atoms with Gasteiger partial charge in [-0.25, -0.2) is 0 Å². The monoisotopic (exact) mass is 270 g/mol. The van der Waals surface area contributed by atoms with Crippen molar-refractivity contribution in [2.24, 2.45) is 0 Å². The maximum Gasteiger partial charge on any atom is 0.0473 e. The van der Waals surface area contributed by atoms with Gasteiger partial charge in [0, 0.05) is 9.52 Å². The molecule has 2 rings (SSSR count). The molecule has 0 saturated heterocycles. The zero-order valence-corrected chi connectivity index (χ0v) is 14.3. The van der Waals surface area contributed by atoms with Crippen LogP contribution in [0.25, 0.3) is 5.57 Å². The van der Waals surface area contributed by atoms with E-state index in [1.54, 1.807) is 16.3 Å². The Morgan fingerprint density at radius 3 is 2.26 bits per heavy atom. The first-order valence-corrected chi connectivity index (χ1v) is 9.77. The van der Waals surface area contributed by atoms with Crippen LogP contribution in [0, 0.1) is 0 Å². The second kappa shape index (κ2) is 6.38. The lowest BCUT2D eigenvalue weighted by Crippen LogP contribution is -1.91. The maximum atomic E-state index is 2.41. The van der Waals surface area contributed by atoms with Crippen molar-refractivity contribution in [3.63, 3.8) is 0 Å². The molecule has 0 amide bonds. The van der Waals surface area contributed by atoms with Gasteiger partial charge in [-0.1, -0.05) is 54.9 Å². The Bertz CT molecular complexity index is 503. The van der Waals surface area contributed by atoms with Crippen molar-refractivity contribution in [2.45, 2.75) is 53.0 Å². The second-order valence-electron chi connectivity index (χ2n) is 5.66. The Kier molecular flexibility index (Phi) is 4.81. The Morgan fingerprint density at radius 2 is 1.74 bits per heavy atom. The van der Waals surface area contributed by atoms with Gasteiger partial charge in [-0.15, -0.1) is 0 Å². The van der Waals surface area contributed by atoms with Crippen LogP contribution in [0.3, 0.4) is 0 Å². The fourth-order valence-electron chi connectivity index (χ4n) is 2.93. The summed E-state index contributed by atoms with van der Waals surface area (Å²) < 4.78 is 0. The molecule has 0 fully saturated rings. The van der Waals surface area contributed by atoms with Crippen LogP contribution in [-0.4, -0.2) is 9.52 Å². The summed E-state index contributed by atoms with van der Waals surface area (Å²) in [5.74, 6) is 0. The molecule has 0 aliphatic heterocycles. The van der Waals surface area contributed by atoms with E-state index in [0.29, 0.717) is 0 Å². The number of rotatable bonds is 5. The molecule has 1 heteroatoms. The summed E-state index contributed by atoms with van der Waals surface area (Å²) in [5.41, 5.74) is 7.61. The lowest BCUT2D eigenvalue weighted by atomic mass is 9.98. The number of hydrogen-bond donors (Lipinski definition) is 0. The first-order chi connectivity index (χ1) is 9.17. The molecule has 19 heavy (non-hydrogen) atoms. The van der Waals surface area contributed by atoms with E-state index in [0.717, 1.165) is 0 Å². The third-order valence-corrected chi connectivity index (χ3v) is 6.12. The Hall–Kier alpha value is -1.08. The number of benzene rings is 1. The van der Waals surface area contributed by atoms with Crippen molar-refractivity contribution >= 4 is 15.1 Å². The van der Waals surface area contributed by atoms with E-state index in [1.807, 2.05) is 0 Å². The molecule has 0 saturated carbocycles. The minimum atomic E-state index is -0.00668. The summed E-state index contributed by atoms with van der Waals surface area (Å²) in [6.07, 6.45) is 5.01. The average molecular weight is 270 g/mol. The van der Waals surface area contributed by atoms with Gasteiger partial charge in [-0.2, -0.15) is 0 Å². The average Bonchev–Trinajstić information content (AvgIpc) is 2.73. The van der Waals surface area contributed by atoms with E-state index in [2.05, 4.69) is 51.6 Å². The molecule has 0 radical (unpaired) electrons. The summed E-state index contributed by atoms with van der Waals surface area (Å²) in [6.45, 7) is 9.27. The van der Waals surface area contributed by atoms with Gasteiger partial charge in [-0.3, -0.25) is 0 Å². The molecule has 0 heterocycles. The van der Waals surface area contributed by atoms with Crippen LogP contribution in [0.4, 0.5) is 0 Å². The number of aryl methyl sites for hydroxylation is 1. The number of hydrogen-bond acceptors (Lipinski definition) is 0. The number of allylic oxidation sites excluding steroid dienone is 4.